The van der Waals surface area contributed by atoms with Crippen LogP contribution < -0.4 is 10.6 Å². The Balaban J connectivity index is 1.45. The van der Waals surface area contributed by atoms with E-state index in [9.17, 15) is 24.6 Å². The minimum atomic E-state index is -0.566. The number of hydrogen-bond acceptors (Lipinski definition) is 8. The Morgan fingerprint density at radius 3 is 2.31 bits per heavy atom. The van der Waals surface area contributed by atoms with E-state index in [0.717, 1.165) is 18.5 Å². The zero-order chi connectivity index (χ0) is 27.9. The lowest BCUT2D eigenvalue weighted by atomic mass is 9.98. The van der Waals surface area contributed by atoms with Crippen molar-refractivity contribution >= 4 is 17.7 Å². The van der Waals surface area contributed by atoms with Crippen molar-refractivity contribution in [3.63, 3.8) is 0 Å². The molecule has 3 aromatic carbocycles. The summed E-state index contributed by atoms with van der Waals surface area (Å²) in [5, 5.41) is 25.9. The summed E-state index contributed by atoms with van der Waals surface area (Å²) in [6.07, 6.45) is 0.521. The van der Waals surface area contributed by atoms with E-state index >= 15 is 0 Å². The first-order chi connectivity index (χ1) is 18.8. The highest BCUT2D eigenvalue weighted by Crippen LogP contribution is 2.26. The van der Waals surface area contributed by atoms with Gasteiger partial charge < -0.3 is 30.3 Å². The summed E-state index contributed by atoms with van der Waals surface area (Å²) in [6.45, 7) is 3.00. The number of phenolic OH excluding ortho intramolecular Hbond substituents is 2. The number of phenols is 2. The Morgan fingerprint density at radius 1 is 0.949 bits per heavy atom. The summed E-state index contributed by atoms with van der Waals surface area (Å²) in [4.78, 5) is 38.8. The number of amides is 1. The summed E-state index contributed by atoms with van der Waals surface area (Å²) < 4.78 is 11.1. The summed E-state index contributed by atoms with van der Waals surface area (Å²) in [5.41, 5.74) is 1.85. The molecule has 3 aromatic rings. The van der Waals surface area contributed by atoms with Crippen molar-refractivity contribution in [1.29, 1.82) is 0 Å². The smallest absolute Gasteiger partial charge is 0.338 e. The van der Waals surface area contributed by atoms with Crippen LogP contribution in [0.4, 0.5) is 0 Å². The van der Waals surface area contributed by atoms with E-state index in [4.69, 9.17) is 9.47 Å². The van der Waals surface area contributed by atoms with Gasteiger partial charge in [0.2, 0.25) is 0 Å². The van der Waals surface area contributed by atoms with Crippen molar-refractivity contribution in [2.75, 3.05) is 20.2 Å². The lowest BCUT2D eigenvalue weighted by Gasteiger charge is -2.26. The van der Waals surface area contributed by atoms with Crippen LogP contribution in [0.25, 0.3) is 0 Å². The number of benzene rings is 3. The maximum absolute atomic E-state index is 13.1. The van der Waals surface area contributed by atoms with Crippen LogP contribution in [0, 0.1) is 0 Å². The van der Waals surface area contributed by atoms with Crippen LogP contribution in [-0.4, -0.2) is 60.2 Å². The lowest BCUT2D eigenvalue weighted by Crippen LogP contribution is -2.49. The van der Waals surface area contributed by atoms with Crippen LogP contribution in [0.1, 0.15) is 68.1 Å². The highest BCUT2D eigenvalue weighted by atomic mass is 16.5. The fourth-order valence-corrected chi connectivity index (χ4v) is 4.41. The summed E-state index contributed by atoms with van der Waals surface area (Å²) >= 11 is 0. The third kappa shape index (κ3) is 6.81. The van der Waals surface area contributed by atoms with E-state index in [1.165, 1.54) is 54.6 Å². The topological polar surface area (TPSA) is 134 Å². The SMILES string of the molecule is COC(C)c1ccc(O)c(C(=O)c2ccc(C(=O)O[C@@H]3CCCNC[C@H]3NC(=O)c3ccc(O)cc3)cc2)c1. The number of carbonyl (C=O) groups excluding carboxylic acids is 3. The first-order valence-electron chi connectivity index (χ1n) is 12.8. The molecule has 4 N–H and O–H groups in total. The number of methoxy groups -OCH3 is 1. The maximum Gasteiger partial charge on any atom is 0.338 e. The fourth-order valence-electron chi connectivity index (χ4n) is 4.41. The van der Waals surface area contributed by atoms with Crippen LogP contribution in [0.3, 0.4) is 0 Å². The Morgan fingerprint density at radius 2 is 1.62 bits per heavy atom. The molecule has 0 radical (unpaired) electrons. The van der Waals surface area contributed by atoms with E-state index in [1.54, 1.807) is 19.2 Å². The van der Waals surface area contributed by atoms with Gasteiger partial charge in [-0.3, -0.25) is 9.59 Å². The van der Waals surface area contributed by atoms with Crippen molar-refractivity contribution in [2.45, 2.75) is 38.0 Å². The molecular weight excluding hydrogens is 500 g/mol. The molecule has 0 aliphatic carbocycles. The van der Waals surface area contributed by atoms with Gasteiger partial charge in [-0.2, -0.15) is 0 Å². The number of hydrogen-bond donors (Lipinski definition) is 4. The molecule has 1 saturated heterocycles. The average Bonchev–Trinajstić information content (AvgIpc) is 3.17. The van der Waals surface area contributed by atoms with Crippen molar-refractivity contribution in [3.05, 3.63) is 94.5 Å². The Kier molecular flexibility index (Phi) is 8.96. The second-order valence-electron chi connectivity index (χ2n) is 9.48. The molecule has 3 atom stereocenters. The van der Waals surface area contributed by atoms with Gasteiger partial charge in [0, 0.05) is 24.8 Å². The Bertz CT molecular complexity index is 1320. The molecule has 9 nitrogen and oxygen atoms in total. The van der Waals surface area contributed by atoms with Gasteiger partial charge in [0.25, 0.3) is 5.91 Å². The Hall–Kier alpha value is -4.21. The molecule has 1 fully saturated rings. The molecule has 1 aliphatic rings. The fraction of sp³-hybridized carbons (Fsp3) is 0.300. The molecule has 1 heterocycles. The predicted octanol–water partition coefficient (Wildman–Crippen LogP) is 3.74. The standard InChI is InChI=1S/C30H32N2O7/c1-18(38-2)22-11-14-26(34)24(16-22)28(35)19-5-7-21(8-6-19)30(37)39-27-4-3-15-31-17-25(27)32-29(36)20-9-12-23(33)13-10-20/h5-14,16,18,25,27,31,33-34H,3-4,15,17H2,1-2H3,(H,32,36)/t18?,25-,27-/m1/s1. The molecule has 39 heavy (non-hydrogen) atoms. The minimum absolute atomic E-state index is 0.0632. The third-order valence-corrected chi connectivity index (χ3v) is 6.83. The van der Waals surface area contributed by atoms with Gasteiger partial charge in [-0.05, 0) is 80.4 Å². The van der Waals surface area contributed by atoms with E-state index in [1.807, 2.05) is 6.92 Å². The molecule has 0 spiro atoms. The second-order valence-corrected chi connectivity index (χ2v) is 9.48. The molecular formula is C30H32N2O7. The van der Waals surface area contributed by atoms with Gasteiger partial charge in [-0.25, -0.2) is 4.79 Å². The van der Waals surface area contributed by atoms with Crippen molar-refractivity contribution in [1.82, 2.24) is 10.6 Å². The van der Waals surface area contributed by atoms with Crippen LogP contribution in [0.2, 0.25) is 0 Å². The molecule has 0 bridgehead atoms. The monoisotopic (exact) mass is 532 g/mol. The molecule has 0 aromatic heterocycles. The molecule has 0 saturated carbocycles. The van der Waals surface area contributed by atoms with E-state index < -0.39 is 18.1 Å². The van der Waals surface area contributed by atoms with Gasteiger partial charge in [0.05, 0.1) is 23.3 Å². The van der Waals surface area contributed by atoms with Crippen molar-refractivity contribution < 1.29 is 34.1 Å². The summed E-state index contributed by atoms with van der Waals surface area (Å²) in [7, 11) is 1.56. The number of rotatable bonds is 8. The summed E-state index contributed by atoms with van der Waals surface area (Å²) in [6, 6.07) is 16.3. The van der Waals surface area contributed by atoms with Crippen LogP contribution >= 0.6 is 0 Å². The van der Waals surface area contributed by atoms with Gasteiger partial charge in [0.1, 0.15) is 17.6 Å². The summed E-state index contributed by atoms with van der Waals surface area (Å²) in [5.74, 6) is -1.36. The van der Waals surface area contributed by atoms with Gasteiger partial charge >= 0.3 is 5.97 Å². The Labute approximate surface area is 226 Å². The number of aromatic hydroxyl groups is 2. The van der Waals surface area contributed by atoms with Gasteiger partial charge in [0.15, 0.2) is 5.78 Å². The van der Waals surface area contributed by atoms with Crippen LogP contribution in [-0.2, 0) is 9.47 Å². The van der Waals surface area contributed by atoms with Gasteiger partial charge in [-0.15, -0.1) is 0 Å². The van der Waals surface area contributed by atoms with Crippen molar-refractivity contribution in [3.8, 4) is 11.5 Å². The zero-order valence-corrected chi connectivity index (χ0v) is 21.8. The number of ether oxygens (including phenoxy) is 2. The highest BCUT2D eigenvalue weighted by molar-refractivity contribution is 6.11. The number of ketones is 1. The maximum atomic E-state index is 13.1. The predicted molar refractivity (Wildman–Crippen MR) is 144 cm³/mol. The zero-order valence-electron chi connectivity index (χ0n) is 21.8. The first kappa shape index (κ1) is 27.8. The molecule has 204 valence electrons. The number of carbonyl (C=O) groups is 3. The first-order valence-corrected chi connectivity index (χ1v) is 12.8. The number of esters is 1. The molecule has 4 rings (SSSR count). The largest absolute Gasteiger partial charge is 0.508 e. The van der Waals surface area contributed by atoms with Crippen LogP contribution in [0.5, 0.6) is 11.5 Å². The molecule has 1 amide bonds. The highest BCUT2D eigenvalue weighted by Gasteiger charge is 2.29. The molecule has 1 unspecified atom stereocenters. The van der Waals surface area contributed by atoms with Crippen LogP contribution in [0.15, 0.2) is 66.7 Å². The quantitative estimate of drug-likeness (QED) is 0.255. The average molecular weight is 533 g/mol. The van der Waals surface area contributed by atoms with Crippen molar-refractivity contribution in [2.24, 2.45) is 0 Å². The molecule has 9 heteroatoms. The van der Waals surface area contributed by atoms with Gasteiger partial charge in [-0.1, -0.05) is 18.2 Å². The van der Waals surface area contributed by atoms with E-state index in [2.05, 4.69) is 10.6 Å². The van der Waals surface area contributed by atoms with E-state index in [-0.39, 0.29) is 40.4 Å². The normalized spacial score (nSPS) is 18.0. The minimum Gasteiger partial charge on any atom is -0.508 e. The number of nitrogens with one attached hydrogen (secondary N) is 2. The third-order valence-electron chi connectivity index (χ3n) is 6.83. The lowest BCUT2D eigenvalue weighted by molar-refractivity contribution is 0.0192. The second kappa shape index (κ2) is 12.6. The van der Waals surface area contributed by atoms with E-state index in [0.29, 0.717) is 24.1 Å². The molecule has 1 aliphatic heterocycles.